The number of ether oxygens (including phenoxy) is 1. The number of carbonyl (C=O) groups excluding carboxylic acids is 2. The van der Waals surface area contributed by atoms with E-state index in [1.54, 1.807) is 0 Å². The van der Waals surface area contributed by atoms with E-state index < -0.39 is 0 Å². The second-order valence-electron chi connectivity index (χ2n) is 5.01. The lowest BCUT2D eigenvalue weighted by atomic mass is 9.61. The summed E-state index contributed by atoms with van der Waals surface area (Å²) in [5, 5.41) is 0. The minimum absolute atomic E-state index is 0.0248. The Balaban J connectivity index is 2.06. The van der Waals surface area contributed by atoms with Crippen LogP contribution in [0.1, 0.15) is 39.0 Å². The molecule has 3 nitrogen and oxygen atoms in total. The van der Waals surface area contributed by atoms with Crippen LogP contribution in [0.4, 0.5) is 0 Å². The maximum Gasteiger partial charge on any atom is 0.313 e. The average molecular weight is 194 g/mol. The summed E-state index contributed by atoms with van der Waals surface area (Å²) in [6.45, 7) is 1.99. The Bertz CT molecular complexity index is 335. The van der Waals surface area contributed by atoms with E-state index in [1.165, 1.54) is 0 Å². The summed E-state index contributed by atoms with van der Waals surface area (Å²) in [6, 6.07) is 0. The Morgan fingerprint density at radius 1 is 1.36 bits per heavy atom. The topological polar surface area (TPSA) is 43.4 Å². The van der Waals surface area contributed by atoms with Crippen LogP contribution in [0.2, 0.25) is 0 Å². The van der Waals surface area contributed by atoms with E-state index in [1.807, 2.05) is 6.92 Å². The molecule has 2 saturated carbocycles. The van der Waals surface area contributed by atoms with Crippen molar-refractivity contribution in [3.8, 4) is 0 Å². The minimum Gasteiger partial charge on any atom is -0.457 e. The highest BCUT2D eigenvalue weighted by atomic mass is 16.6. The van der Waals surface area contributed by atoms with Crippen LogP contribution in [0.3, 0.4) is 0 Å². The highest BCUT2D eigenvalue weighted by Gasteiger charge is 2.72. The van der Waals surface area contributed by atoms with Gasteiger partial charge in [0.2, 0.25) is 0 Å². The molecule has 3 aliphatic rings. The summed E-state index contributed by atoms with van der Waals surface area (Å²) in [5.41, 5.74) is -0.747. The summed E-state index contributed by atoms with van der Waals surface area (Å²) in [6.07, 6.45) is 4.13. The molecule has 14 heavy (non-hydrogen) atoms. The predicted octanol–water partition coefficient (Wildman–Crippen LogP) is 1.45. The molecule has 3 rings (SSSR count). The summed E-state index contributed by atoms with van der Waals surface area (Å²) in [7, 11) is 0. The smallest absolute Gasteiger partial charge is 0.313 e. The molecule has 3 fully saturated rings. The summed E-state index contributed by atoms with van der Waals surface area (Å²) >= 11 is 0. The Morgan fingerprint density at radius 2 is 2.14 bits per heavy atom. The number of esters is 1. The molecule has 0 unspecified atom stereocenters. The molecule has 0 aromatic heterocycles. The van der Waals surface area contributed by atoms with Gasteiger partial charge in [0.1, 0.15) is 11.4 Å². The van der Waals surface area contributed by atoms with Crippen molar-refractivity contribution in [1.82, 2.24) is 0 Å². The number of Topliss-reactive ketones (excluding diaryl/α,β-unsaturated/α-hetero) is 1. The van der Waals surface area contributed by atoms with Gasteiger partial charge in [-0.25, -0.2) is 0 Å². The predicted molar refractivity (Wildman–Crippen MR) is 48.5 cm³/mol. The van der Waals surface area contributed by atoms with E-state index >= 15 is 0 Å². The Hall–Kier alpha value is -0.860. The van der Waals surface area contributed by atoms with Crippen LogP contribution in [0.25, 0.3) is 0 Å². The van der Waals surface area contributed by atoms with E-state index in [0.717, 1.165) is 25.7 Å². The molecule has 1 saturated heterocycles. The average Bonchev–Trinajstić information content (AvgIpc) is 2.36. The molecule has 0 bridgehead atoms. The standard InChI is InChI=1S/C11H14O3/c1-10-6-4-7-9(13)14-11(7,10)5-2-3-8(10)12/h7H,2-6H2,1H3/t7-,10-,11+/m0/s1. The van der Waals surface area contributed by atoms with Crippen molar-refractivity contribution in [2.75, 3.05) is 0 Å². The van der Waals surface area contributed by atoms with Gasteiger partial charge in [-0.3, -0.25) is 9.59 Å². The van der Waals surface area contributed by atoms with Crippen LogP contribution >= 0.6 is 0 Å². The molecule has 0 amide bonds. The quantitative estimate of drug-likeness (QED) is 0.548. The molecule has 2 aliphatic carbocycles. The SMILES string of the molecule is C[C@@]12CC[C@H]3C(=O)O[C@]31CCCC2=O. The van der Waals surface area contributed by atoms with Gasteiger partial charge in [-0.2, -0.15) is 0 Å². The number of ketones is 1. The van der Waals surface area contributed by atoms with Gasteiger partial charge in [0.25, 0.3) is 0 Å². The van der Waals surface area contributed by atoms with Crippen LogP contribution in [0, 0.1) is 11.3 Å². The lowest BCUT2D eigenvalue weighted by molar-refractivity contribution is -0.231. The highest BCUT2D eigenvalue weighted by Crippen LogP contribution is 2.63. The fraction of sp³-hybridized carbons (Fsp3) is 0.818. The first-order valence-electron chi connectivity index (χ1n) is 5.36. The highest BCUT2D eigenvalue weighted by molar-refractivity contribution is 5.93. The molecular weight excluding hydrogens is 180 g/mol. The van der Waals surface area contributed by atoms with E-state index in [9.17, 15) is 9.59 Å². The molecule has 1 heterocycles. The Morgan fingerprint density at radius 3 is 2.86 bits per heavy atom. The summed E-state index contributed by atoms with van der Waals surface area (Å²) in [5.74, 6) is 0.249. The summed E-state index contributed by atoms with van der Waals surface area (Å²) in [4.78, 5) is 23.2. The third-order valence-corrected chi connectivity index (χ3v) is 4.56. The van der Waals surface area contributed by atoms with Crippen LogP contribution in [0.5, 0.6) is 0 Å². The van der Waals surface area contributed by atoms with E-state index in [4.69, 9.17) is 4.74 Å². The van der Waals surface area contributed by atoms with Crippen LogP contribution in [0.15, 0.2) is 0 Å². The molecule has 76 valence electrons. The molecule has 3 atom stereocenters. The monoisotopic (exact) mass is 194 g/mol. The molecule has 0 radical (unpaired) electrons. The number of hydrogen-bond acceptors (Lipinski definition) is 3. The fourth-order valence-corrected chi connectivity index (χ4v) is 3.61. The first kappa shape index (κ1) is 8.45. The fourth-order valence-electron chi connectivity index (χ4n) is 3.61. The van der Waals surface area contributed by atoms with Crippen LogP contribution < -0.4 is 0 Å². The van der Waals surface area contributed by atoms with Gasteiger partial charge in [-0.1, -0.05) is 0 Å². The third-order valence-electron chi connectivity index (χ3n) is 4.56. The normalized spacial score (nSPS) is 50.5. The van der Waals surface area contributed by atoms with Crippen molar-refractivity contribution in [2.45, 2.75) is 44.6 Å². The van der Waals surface area contributed by atoms with Gasteiger partial charge in [-0.15, -0.1) is 0 Å². The van der Waals surface area contributed by atoms with Gasteiger partial charge in [-0.05, 0) is 32.6 Å². The van der Waals surface area contributed by atoms with Crippen LogP contribution in [-0.2, 0) is 14.3 Å². The van der Waals surface area contributed by atoms with Gasteiger partial charge >= 0.3 is 5.97 Å². The minimum atomic E-state index is -0.389. The van der Waals surface area contributed by atoms with Crippen LogP contribution in [-0.4, -0.2) is 17.4 Å². The number of hydrogen-bond donors (Lipinski definition) is 0. The van der Waals surface area contributed by atoms with E-state index in [2.05, 4.69) is 0 Å². The largest absolute Gasteiger partial charge is 0.457 e. The second-order valence-corrected chi connectivity index (χ2v) is 5.01. The molecule has 0 N–H and O–H groups in total. The number of carbonyl (C=O) groups is 2. The maximum atomic E-state index is 11.9. The molecular formula is C11H14O3. The Labute approximate surface area is 82.8 Å². The van der Waals surface area contributed by atoms with Crippen molar-refractivity contribution in [3.63, 3.8) is 0 Å². The van der Waals surface area contributed by atoms with Gasteiger partial charge in [0.05, 0.1) is 11.3 Å². The van der Waals surface area contributed by atoms with E-state index in [0.29, 0.717) is 12.2 Å². The molecule has 1 aliphatic heterocycles. The van der Waals surface area contributed by atoms with E-state index in [-0.39, 0.29) is 22.9 Å². The van der Waals surface area contributed by atoms with Crippen molar-refractivity contribution < 1.29 is 14.3 Å². The molecule has 0 aromatic carbocycles. The first-order chi connectivity index (χ1) is 6.60. The van der Waals surface area contributed by atoms with Crippen molar-refractivity contribution in [3.05, 3.63) is 0 Å². The molecule has 0 aromatic rings. The van der Waals surface area contributed by atoms with Crippen molar-refractivity contribution in [2.24, 2.45) is 11.3 Å². The lowest BCUT2D eigenvalue weighted by Gasteiger charge is -2.53. The first-order valence-corrected chi connectivity index (χ1v) is 5.36. The van der Waals surface area contributed by atoms with Crippen molar-refractivity contribution >= 4 is 11.8 Å². The third kappa shape index (κ3) is 0.645. The number of rotatable bonds is 0. The molecule has 1 spiro atoms. The zero-order chi connectivity index (χ0) is 9.97. The van der Waals surface area contributed by atoms with Gasteiger partial charge < -0.3 is 4.74 Å². The van der Waals surface area contributed by atoms with Crippen molar-refractivity contribution in [1.29, 1.82) is 0 Å². The zero-order valence-electron chi connectivity index (χ0n) is 8.34. The van der Waals surface area contributed by atoms with Gasteiger partial charge in [0, 0.05) is 6.42 Å². The lowest BCUT2D eigenvalue weighted by Crippen LogP contribution is -2.65. The van der Waals surface area contributed by atoms with Gasteiger partial charge in [0.15, 0.2) is 0 Å². The second kappa shape index (κ2) is 2.20. The zero-order valence-corrected chi connectivity index (χ0v) is 8.34. The maximum absolute atomic E-state index is 11.9. The Kier molecular flexibility index (Phi) is 1.33. The molecule has 3 heteroatoms. The summed E-state index contributed by atoms with van der Waals surface area (Å²) < 4.78 is 5.37.